The third-order valence-corrected chi connectivity index (χ3v) is 3.17. The Bertz CT molecular complexity index is 600. The topological polar surface area (TPSA) is 29.5 Å². The molecule has 0 bridgehead atoms. The monoisotopic (exact) mass is 328 g/mol. The van der Waals surface area contributed by atoms with E-state index < -0.39 is 17.7 Å². The summed E-state index contributed by atoms with van der Waals surface area (Å²) in [6, 6.07) is 8.11. The van der Waals surface area contributed by atoms with E-state index in [0.717, 1.165) is 0 Å². The van der Waals surface area contributed by atoms with Crippen molar-refractivity contribution in [2.75, 3.05) is 0 Å². The minimum Gasteiger partial charge on any atom is -0.453 e. The Hall–Kier alpha value is -1.46. The first-order valence-electron chi connectivity index (χ1n) is 5.58. The van der Waals surface area contributed by atoms with E-state index >= 15 is 0 Å². The Morgan fingerprint density at radius 2 is 1.95 bits per heavy atom. The van der Waals surface area contributed by atoms with Gasteiger partial charge in [-0.25, -0.2) is 8.78 Å². The summed E-state index contributed by atoms with van der Waals surface area (Å²) < 4.78 is 32.6. The lowest BCUT2D eigenvalue weighted by Crippen LogP contribution is -1.99. The molecule has 0 fully saturated rings. The first-order chi connectivity index (χ1) is 8.99. The summed E-state index contributed by atoms with van der Waals surface area (Å²) in [6.07, 6.45) is -0.870. The van der Waals surface area contributed by atoms with Crippen LogP contribution in [0.4, 0.5) is 8.78 Å². The maximum Gasteiger partial charge on any atom is 0.168 e. The second-order valence-corrected chi connectivity index (χ2v) is 4.87. The molecule has 0 aliphatic carbocycles. The van der Waals surface area contributed by atoms with Crippen LogP contribution < -0.4 is 4.74 Å². The number of halogens is 3. The molecule has 0 spiro atoms. The van der Waals surface area contributed by atoms with Gasteiger partial charge in [0.1, 0.15) is 11.6 Å². The fourth-order valence-electron chi connectivity index (χ4n) is 1.63. The predicted octanol–water partition coefficient (Wildman–Crippen LogP) is 4.57. The summed E-state index contributed by atoms with van der Waals surface area (Å²) in [6.45, 7) is 1.52. The van der Waals surface area contributed by atoms with Gasteiger partial charge < -0.3 is 9.84 Å². The van der Waals surface area contributed by atoms with Gasteiger partial charge in [0, 0.05) is 5.56 Å². The molecule has 2 aromatic rings. The summed E-state index contributed by atoms with van der Waals surface area (Å²) in [5, 5.41) is 9.60. The van der Waals surface area contributed by atoms with E-state index in [1.165, 1.54) is 37.3 Å². The molecule has 0 saturated carbocycles. The Balaban J connectivity index is 2.43. The van der Waals surface area contributed by atoms with Crippen LogP contribution in [-0.2, 0) is 0 Å². The van der Waals surface area contributed by atoms with E-state index in [4.69, 9.17) is 4.74 Å². The van der Waals surface area contributed by atoms with Crippen LogP contribution in [0.2, 0.25) is 0 Å². The van der Waals surface area contributed by atoms with Crippen molar-refractivity contribution in [3.63, 3.8) is 0 Å². The van der Waals surface area contributed by atoms with Crippen LogP contribution in [0.5, 0.6) is 11.5 Å². The van der Waals surface area contributed by atoms with E-state index in [9.17, 15) is 13.9 Å². The minimum atomic E-state index is -0.870. The number of hydrogen-bond donors (Lipinski definition) is 1. The van der Waals surface area contributed by atoms with Gasteiger partial charge in [0.2, 0.25) is 0 Å². The van der Waals surface area contributed by atoms with Crippen molar-refractivity contribution in [2.45, 2.75) is 13.0 Å². The van der Waals surface area contributed by atoms with Gasteiger partial charge in [-0.05, 0) is 47.1 Å². The normalized spacial score (nSPS) is 12.3. The van der Waals surface area contributed by atoms with Crippen molar-refractivity contribution < 1.29 is 18.6 Å². The molecule has 2 nitrogen and oxygen atoms in total. The van der Waals surface area contributed by atoms with Crippen molar-refractivity contribution in [1.29, 1.82) is 0 Å². The van der Waals surface area contributed by atoms with Crippen molar-refractivity contribution in [2.24, 2.45) is 0 Å². The molecular formula is C14H11BrF2O2. The molecule has 5 heteroatoms. The number of rotatable bonds is 3. The van der Waals surface area contributed by atoms with Crippen LogP contribution in [0.15, 0.2) is 40.9 Å². The summed E-state index contributed by atoms with van der Waals surface area (Å²) in [5.74, 6) is -0.809. The van der Waals surface area contributed by atoms with Crippen molar-refractivity contribution in [3.05, 3.63) is 58.1 Å². The summed E-state index contributed by atoms with van der Waals surface area (Å²) >= 11 is 3.14. The summed E-state index contributed by atoms with van der Waals surface area (Å²) in [7, 11) is 0. The van der Waals surface area contributed by atoms with E-state index in [1.807, 2.05) is 0 Å². The highest BCUT2D eigenvalue weighted by molar-refractivity contribution is 9.10. The number of hydrogen-bond acceptors (Lipinski definition) is 2. The molecule has 0 aliphatic heterocycles. The number of aliphatic hydroxyl groups is 1. The zero-order chi connectivity index (χ0) is 14.0. The van der Waals surface area contributed by atoms with Gasteiger partial charge in [0.15, 0.2) is 11.6 Å². The maximum absolute atomic E-state index is 13.8. The number of ether oxygens (including phenoxy) is 1. The van der Waals surface area contributed by atoms with E-state index in [-0.39, 0.29) is 11.5 Å². The molecule has 2 rings (SSSR count). The Labute approximate surface area is 117 Å². The van der Waals surface area contributed by atoms with E-state index in [2.05, 4.69) is 15.9 Å². The van der Waals surface area contributed by atoms with Gasteiger partial charge in [0.25, 0.3) is 0 Å². The quantitative estimate of drug-likeness (QED) is 0.894. The van der Waals surface area contributed by atoms with Crippen LogP contribution in [0, 0.1) is 11.6 Å². The van der Waals surface area contributed by atoms with E-state index in [1.54, 1.807) is 6.07 Å². The van der Waals surface area contributed by atoms with Crippen molar-refractivity contribution in [1.82, 2.24) is 0 Å². The third kappa shape index (κ3) is 3.11. The highest BCUT2D eigenvalue weighted by Crippen LogP contribution is 2.35. The largest absolute Gasteiger partial charge is 0.453 e. The Morgan fingerprint density at radius 1 is 1.21 bits per heavy atom. The molecule has 19 heavy (non-hydrogen) atoms. The molecule has 0 amide bonds. The van der Waals surface area contributed by atoms with Crippen molar-refractivity contribution in [3.8, 4) is 11.5 Å². The number of para-hydroxylation sites is 1. The lowest BCUT2D eigenvalue weighted by Gasteiger charge is -2.14. The van der Waals surface area contributed by atoms with Gasteiger partial charge in [0.05, 0.1) is 10.6 Å². The molecule has 0 heterocycles. The highest BCUT2D eigenvalue weighted by atomic mass is 79.9. The summed E-state index contributed by atoms with van der Waals surface area (Å²) in [4.78, 5) is 0. The van der Waals surface area contributed by atoms with Crippen LogP contribution in [0.25, 0.3) is 0 Å². The number of aliphatic hydroxyl groups excluding tert-OH is 1. The third-order valence-electron chi connectivity index (χ3n) is 2.55. The van der Waals surface area contributed by atoms with Crippen LogP contribution in [-0.4, -0.2) is 5.11 Å². The van der Waals surface area contributed by atoms with Gasteiger partial charge in [-0.1, -0.05) is 12.1 Å². The second kappa shape index (κ2) is 5.67. The van der Waals surface area contributed by atoms with Crippen molar-refractivity contribution >= 4 is 15.9 Å². The lowest BCUT2D eigenvalue weighted by molar-refractivity contribution is 0.194. The van der Waals surface area contributed by atoms with Gasteiger partial charge in [-0.3, -0.25) is 0 Å². The molecule has 0 aromatic heterocycles. The molecule has 1 atom stereocenters. The average molecular weight is 329 g/mol. The second-order valence-electron chi connectivity index (χ2n) is 4.01. The standard InChI is InChI=1S/C14H11BrF2O2/c1-8(18)10-3-2-4-12(17)14(10)19-13-6-5-9(16)7-11(13)15/h2-8,18H,1H3/t8-/m1/s1. The smallest absolute Gasteiger partial charge is 0.168 e. The van der Waals surface area contributed by atoms with Crippen LogP contribution in [0.3, 0.4) is 0 Å². The molecule has 1 N–H and O–H groups in total. The maximum atomic E-state index is 13.8. The van der Waals surface area contributed by atoms with Crippen LogP contribution in [0.1, 0.15) is 18.6 Å². The zero-order valence-corrected chi connectivity index (χ0v) is 11.6. The average Bonchev–Trinajstić information content (AvgIpc) is 2.34. The first kappa shape index (κ1) is 14.0. The molecule has 0 unspecified atom stereocenters. The van der Waals surface area contributed by atoms with Crippen LogP contribution >= 0.6 is 15.9 Å². The Morgan fingerprint density at radius 3 is 2.58 bits per heavy atom. The van der Waals surface area contributed by atoms with Gasteiger partial charge >= 0.3 is 0 Å². The summed E-state index contributed by atoms with van der Waals surface area (Å²) in [5.41, 5.74) is 0.330. The van der Waals surface area contributed by atoms with Gasteiger partial charge in [-0.2, -0.15) is 0 Å². The molecule has 2 aromatic carbocycles. The molecule has 0 aliphatic rings. The van der Waals surface area contributed by atoms with E-state index in [0.29, 0.717) is 10.0 Å². The molecule has 0 saturated heterocycles. The van der Waals surface area contributed by atoms with Gasteiger partial charge in [-0.15, -0.1) is 0 Å². The predicted molar refractivity (Wildman–Crippen MR) is 71.2 cm³/mol. The number of benzene rings is 2. The fraction of sp³-hybridized carbons (Fsp3) is 0.143. The fourth-order valence-corrected chi connectivity index (χ4v) is 2.06. The molecule has 0 radical (unpaired) electrons. The first-order valence-corrected chi connectivity index (χ1v) is 6.37. The zero-order valence-electron chi connectivity index (χ0n) is 10.0. The molecule has 100 valence electrons. The minimum absolute atomic E-state index is 0.0650. The molecular weight excluding hydrogens is 318 g/mol. The Kier molecular flexibility index (Phi) is 4.17. The highest BCUT2D eigenvalue weighted by Gasteiger charge is 2.16. The lowest BCUT2D eigenvalue weighted by atomic mass is 10.1. The SMILES string of the molecule is C[C@@H](O)c1cccc(F)c1Oc1ccc(F)cc1Br.